The van der Waals surface area contributed by atoms with Crippen molar-refractivity contribution in [3.8, 4) is 0 Å². The van der Waals surface area contributed by atoms with E-state index in [9.17, 15) is 9.59 Å². The normalized spacial score (nSPS) is 10.4. The van der Waals surface area contributed by atoms with E-state index in [1.165, 1.54) is 0 Å². The monoisotopic (exact) mass is 296 g/mol. The molecule has 1 aromatic rings. The minimum Gasteiger partial charge on any atom is -0.354 e. The van der Waals surface area contributed by atoms with Gasteiger partial charge in [0.2, 0.25) is 5.91 Å². The molecule has 2 amide bonds. The molecule has 1 rings (SSSR count). The van der Waals surface area contributed by atoms with Crippen molar-refractivity contribution in [1.29, 1.82) is 0 Å². The van der Waals surface area contributed by atoms with Gasteiger partial charge in [0.15, 0.2) is 0 Å². The van der Waals surface area contributed by atoms with Gasteiger partial charge in [0.1, 0.15) is 0 Å². The Morgan fingerprint density at radius 2 is 1.60 bits per heavy atom. The topological polar surface area (TPSA) is 58.2 Å². The second kappa shape index (κ2) is 8.59. The van der Waals surface area contributed by atoms with Crippen LogP contribution in [-0.4, -0.2) is 24.9 Å². The van der Waals surface area contributed by atoms with E-state index in [0.29, 0.717) is 23.7 Å². The van der Waals surface area contributed by atoms with Crippen LogP contribution in [0.5, 0.6) is 0 Å². The van der Waals surface area contributed by atoms with Crippen LogP contribution in [0.2, 0.25) is 5.02 Å². The number of benzene rings is 1. The minimum atomic E-state index is -0.168. The average Bonchev–Trinajstić information content (AvgIpc) is 2.45. The molecule has 0 radical (unpaired) electrons. The van der Waals surface area contributed by atoms with Crippen molar-refractivity contribution in [2.45, 2.75) is 26.7 Å². The maximum Gasteiger partial charge on any atom is 0.251 e. The molecule has 1 aromatic carbocycles. The molecule has 0 unspecified atom stereocenters. The van der Waals surface area contributed by atoms with Crippen LogP contribution >= 0.6 is 11.6 Å². The van der Waals surface area contributed by atoms with Crippen LogP contribution in [0.3, 0.4) is 0 Å². The number of hydrogen-bond acceptors (Lipinski definition) is 2. The second-order valence-corrected chi connectivity index (χ2v) is 5.00. The van der Waals surface area contributed by atoms with Crippen molar-refractivity contribution in [3.05, 3.63) is 34.9 Å². The highest BCUT2D eigenvalue weighted by Crippen LogP contribution is 2.09. The molecule has 0 fully saturated rings. The first-order chi connectivity index (χ1) is 9.58. The van der Waals surface area contributed by atoms with Crippen molar-refractivity contribution in [2.75, 3.05) is 13.1 Å². The molecule has 5 heteroatoms. The fourth-order valence-corrected chi connectivity index (χ4v) is 1.99. The van der Waals surface area contributed by atoms with E-state index in [4.69, 9.17) is 11.6 Å². The maximum absolute atomic E-state index is 11.8. The summed E-state index contributed by atoms with van der Waals surface area (Å²) in [5.41, 5.74) is 0.556. The zero-order valence-electron chi connectivity index (χ0n) is 11.9. The highest BCUT2D eigenvalue weighted by atomic mass is 35.5. The maximum atomic E-state index is 11.8. The average molecular weight is 297 g/mol. The molecule has 110 valence electrons. The van der Waals surface area contributed by atoms with Gasteiger partial charge in [-0.05, 0) is 37.1 Å². The molecular weight excluding hydrogens is 276 g/mol. The highest BCUT2D eigenvalue weighted by Gasteiger charge is 2.13. The Labute approximate surface area is 124 Å². The number of rotatable bonds is 7. The summed E-state index contributed by atoms with van der Waals surface area (Å²) >= 11 is 5.76. The first-order valence-electron chi connectivity index (χ1n) is 6.90. The lowest BCUT2D eigenvalue weighted by molar-refractivity contribution is -0.125. The van der Waals surface area contributed by atoms with Gasteiger partial charge in [0.05, 0.1) is 0 Å². The largest absolute Gasteiger partial charge is 0.354 e. The Kier molecular flexibility index (Phi) is 7.09. The van der Waals surface area contributed by atoms with Gasteiger partial charge in [-0.15, -0.1) is 0 Å². The van der Waals surface area contributed by atoms with Crippen LogP contribution in [0.4, 0.5) is 0 Å². The van der Waals surface area contributed by atoms with Crippen molar-refractivity contribution < 1.29 is 9.59 Å². The third-order valence-corrected chi connectivity index (χ3v) is 3.42. The smallest absolute Gasteiger partial charge is 0.251 e. The number of carbonyl (C=O) groups is 2. The van der Waals surface area contributed by atoms with Gasteiger partial charge in [-0.2, -0.15) is 0 Å². The first-order valence-corrected chi connectivity index (χ1v) is 7.27. The van der Waals surface area contributed by atoms with E-state index in [1.807, 2.05) is 13.8 Å². The molecule has 0 bridgehead atoms. The number of carbonyl (C=O) groups excluding carboxylic acids is 2. The van der Waals surface area contributed by atoms with Gasteiger partial charge in [-0.1, -0.05) is 25.4 Å². The van der Waals surface area contributed by atoms with Gasteiger partial charge in [-0.3, -0.25) is 9.59 Å². The van der Waals surface area contributed by atoms with Crippen molar-refractivity contribution in [3.63, 3.8) is 0 Å². The van der Waals surface area contributed by atoms with E-state index in [1.54, 1.807) is 24.3 Å². The molecular formula is C15H21ClN2O2. The third kappa shape index (κ3) is 5.21. The molecule has 0 saturated heterocycles. The van der Waals surface area contributed by atoms with E-state index >= 15 is 0 Å². The van der Waals surface area contributed by atoms with Crippen molar-refractivity contribution in [2.24, 2.45) is 5.92 Å². The number of nitrogens with one attached hydrogen (secondary N) is 2. The summed E-state index contributed by atoms with van der Waals surface area (Å²) in [6, 6.07) is 6.68. The zero-order chi connectivity index (χ0) is 15.0. The molecule has 0 aliphatic carbocycles. The predicted molar refractivity (Wildman–Crippen MR) is 80.9 cm³/mol. The van der Waals surface area contributed by atoms with Crippen molar-refractivity contribution in [1.82, 2.24) is 10.6 Å². The Morgan fingerprint density at radius 3 is 2.15 bits per heavy atom. The zero-order valence-corrected chi connectivity index (χ0v) is 12.7. The van der Waals surface area contributed by atoms with Crippen LogP contribution in [0.25, 0.3) is 0 Å². The lowest BCUT2D eigenvalue weighted by Crippen LogP contribution is -2.37. The Morgan fingerprint density at radius 1 is 1.05 bits per heavy atom. The quantitative estimate of drug-likeness (QED) is 0.760. The molecule has 0 spiro atoms. The fourth-order valence-electron chi connectivity index (χ4n) is 1.87. The summed E-state index contributed by atoms with van der Waals surface area (Å²) in [6.07, 6.45) is 1.67. The van der Waals surface area contributed by atoms with E-state index < -0.39 is 0 Å². The highest BCUT2D eigenvalue weighted by molar-refractivity contribution is 6.30. The number of hydrogen-bond donors (Lipinski definition) is 2. The van der Waals surface area contributed by atoms with E-state index in [-0.39, 0.29) is 17.7 Å². The molecule has 0 atom stereocenters. The van der Waals surface area contributed by atoms with Crippen LogP contribution < -0.4 is 10.6 Å². The molecule has 0 aliphatic rings. The summed E-state index contributed by atoms with van der Waals surface area (Å²) in [7, 11) is 0. The van der Waals surface area contributed by atoms with Crippen LogP contribution in [0.15, 0.2) is 24.3 Å². The summed E-state index contributed by atoms with van der Waals surface area (Å²) in [5.74, 6) is -0.0591. The molecule has 0 saturated carbocycles. The van der Waals surface area contributed by atoms with Gasteiger partial charge >= 0.3 is 0 Å². The van der Waals surface area contributed by atoms with Crippen molar-refractivity contribution >= 4 is 23.4 Å². The van der Waals surface area contributed by atoms with Gasteiger partial charge in [0.25, 0.3) is 5.91 Å². The molecule has 0 aromatic heterocycles. The van der Waals surface area contributed by atoms with Gasteiger partial charge in [0, 0.05) is 29.6 Å². The summed E-state index contributed by atoms with van der Waals surface area (Å²) in [4.78, 5) is 23.5. The molecule has 4 nitrogen and oxygen atoms in total. The molecule has 0 heterocycles. The molecule has 0 aliphatic heterocycles. The fraction of sp³-hybridized carbons (Fsp3) is 0.467. The van der Waals surface area contributed by atoms with Crippen LogP contribution in [0, 0.1) is 5.92 Å². The molecule has 2 N–H and O–H groups in total. The Balaban J connectivity index is 2.29. The minimum absolute atomic E-state index is 0.0516. The van der Waals surface area contributed by atoms with E-state index in [2.05, 4.69) is 10.6 Å². The summed E-state index contributed by atoms with van der Waals surface area (Å²) in [5, 5.41) is 6.17. The number of halogens is 1. The van der Waals surface area contributed by atoms with Crippen LogP contribution in [-0.2, 0) is 4.79 Å². The standard InChI is InChI=1S/C15H21ClN2O2/c1-3-11(4-2)14(19)17-9-10-18-15(20)12-5-7-13(16)8-6-12/h5-8,11H,3-4,9-10H2,1-2H3,(H,17,19)(H,18,20). The Hall–Kier alpha value is -1.55. The predicted octanol–water partition coefficient (Wildman–Crippen LogP) is 2.62. The SMILES string of the molecule is CCC(CC)C(=O)NCCNC(=O)c1ccc(Cl)cc1. The van der Waals surface area contributed by atoms with Gasteiger partial charge < -0.3 is 10.6 Å². The summed E-state index contributed by atoms with van der Waals surface area (Å²) in [6.45, 7) is 4.84. The summed E-state index contributed by atoms with van der Waals surface area (Å²) < 4.78 is 0. The molecule has 20 heavy (non-hydrogen) atoms. The second-order valence-electron chi connectivity index (χ2n) is 4.57. The van der Waals surface area contributed by atoms with Crippen LogP contribution in [0.1, 0.15) is 37.0 Å². The lowest BCUT2D eigenvalue weighted by Gasteiger charge is -2.13. The number of amides is 2. The van der Waals surface area contributed by atoms with E-state index in [0.717, 1.165) is 12.8 Å². The third-order valence-electron chi connectivity index (χ3n) is 3.17. The van der Waals surface area contributed by atoms with Gasteiger partial charge in [-0.25, -0.2) is 0 Å². The Bertz CT molecular complexity index is 442. The first kappa shape index (κ1) is 16.5. The lowest BCUT2D eigenvalue weighted by atomic mass is 10.0.